The third kappa shape index (κ3) is 3.59. The fraction of sp³-hybridized carbons (Fsp3) is 0.333. The van der Waals surface area contributed by atoms with E-state index in [1.54, 1.807) is 0 Å². The monoisotopic (exact) mass is 191 g/mol. The molecule has 0 aliphatic heterocycles. The van der Waals surface area contributed by atoms with Gasteiger partial charge in [0.1, 0.15) is 5.82 Å². The highest BCUT2D eigenvalue weighted by molar-refractivity contribution is 5.37. The van der Waals surface area contributed by atoms with Crippen LogP contribution in [0, 0.1) is 24.6 Å². The van der Waals surface area contributed by atoms with Crippen molar-refractivity contribution in [2.75, 3.05) is 13.6 Å². The molecule has 0 aliphatic rings. The zero-order valence-electron chi connectivity index (χ0n) is 8.52. The van der Waals surface area contributed by atoms with Gasteiger partial charge in [-0.3, -0.25) is 0 Å². The molecule has 1 N–H and O–H groups in total. The Kier molecular flexibility index (Phi) is 4.15. The largest absolute Gasteiger partial charge is 0.319 e. The van der Waals surface area contributed by atoms with Crippen molar-refractivity contribution in [1.82, 2.24) is 5.32 Å². The van der Waals surface area contributed by atoms with Gasteiger partial charge in [-0.2, -0.15) is 0 Å². The fourth-order valence-electron chi connectivity index (χ4n) is 1.16. The molecule has 0 spiro atoms. The lowest BCUT2D eigenvalue weighted by Crippen LogP contribution is -2.05. The van der Waals surface area contributed by atoms with E-state index in [1.165, 1.54) is 12.1 Å². The van der Waals surface area contributed by atoms with Gasteiger partial charge in [0.15, 0.2) is 0 Å². The second kappa shape index (κ2) is 5.41. The van der Waals surface area contributed by atoms with Crippen molar-refractivity contribution in [1.29, 1.82) is 0 Å². The van der Waals surface area contributed by atoms with Crippen molar-refractivity contribution in [3.05, 3.63) is 35.1 Å². The van der Waals surface area contributed by atoms with Crippen LogP contribution in [0.2, 0.25) is 0 Å². The van der Waals surface area contributed by atoms with Crippen LogP contribution in [0.15, 0.2) is 18.2 Å². The second-order valence-electron chi connectivity index (χ2n) is 3.17. The number of aryl methyl sites for hydroxylation is 1. The Balaban J connectivity index is 2.69. The quantitative estimate of drug-likeness (QED) is 0.557. The molecule has 1 rings (SSSR count). The van der Waals surface area contributed by atoms with E-state index in [9.17, 15) is 4.39 Å². The average molecular weight is 191 g/mol. The molecule has 14 heavy (non-hydrogen) atoms. The summed E-state index contributed by atoms with van der Waals surface area (Å²) >= 11 is 0. The number of benzene rings is 1. The Bertz CT molecular complexity index is 340. The average Bonchev–Trinajstić information content (AvgIpc) is 2.11. The Morgan fingerprint density at radius 3 is 2.79 bits per heavy atom. The maximum absolute atomic E-state index is 12.9. The van der Waals surface area contributed by atoms with Crippen molar-refractivity contribution >= 4 is 0 Å². The standard InChI is InChI=1S/C12H14FN/c1-10-7-11(9-12(13)8-10)5-3-4-6-14-2/h7-9,14H,4,6H2,1-2H3. The summed E-state index contributed by atoms with van der Waals surface area (Å²) in [5.41, 5.74) is 1.65. The van der Waals surface area contributed by atoms with E-state index >= 15 is 0 Å². The fourth-order valence-corrected chi connectivity index (χ4v) is 1.16. The van der Waals surface area contributed by atoms with Crippen LogP contribution in [-0.2, 0) is 0 Å². The predicted molar refractivity (Wildman–Crippen MR) is 56.6 cm³/mol. The van der Waals surface area contributed by atoms with Crippen molar-refractivity contribution in [2.24, 2.45) is 0 Å². The molecule has 0 atom stereocenters. The summed E-state index contributed by atoms with van der Waals surface area (Å²) in [5.74, 6) is 5.69. The number of nitrogens with one attached hydrogen (secondary N) is 1. The van der Waals surface area contributed by atoms with E-state index in [0.717, 1.165) is 24.1 Å². The SMILES string of the molecule is CNCCC#Cc1cc(C)cc(F)c1. The highest BCUT2D eigenvalue weighted by atomic mass is 19.1. The number of hydrogen-bond acceptors (Lipinski definition) is 1. The van der Waals surface area contributed by atoms with E-state index in [4.69, 9.17) is 0 Å². The minimum absolute atomic E-state index is 0.220. The van der Waals surface area contributed by atoms with Crippen molar-refractivity contribution in [2.45, 2.75) is 13.3 Å². The molecule has 0 heterocycles. The first-order valence-corrected chi connectivity index (χ1v) is 4.63. The van der Waals surface area contributed by atoms with Crippen LogP contribution in [0.5, 0.6) is 0 Å². The third-order valence-electron chi connectivity index (χ3n) is 1.77. The first-order valence-electron chi connectivity index (χ1n) is 4.63. The molecular formula is C12H14FN. The zero-order chi connectivity index (χ0) is 10.4. The second-order valence-corrected chi connectivity index (χ2v) is 3.17. The van der Waals surface area contributed by atoms with Gasteiger partial charge in [0, 0.05) is 18.5 Å². The van der Waals surface area contributed by atoms with Crippen LogP contribution in [0.3, 0.4) is 0 Å². The Hall–Kier alpha value is -1.33. The molecule has 0 bridgehead atoms. The zero-order valence-corrected chi connectivity index (χ0v) is 8.52. The highest BCUT2D eigenvalue weighted by Crippen LogP contribution is 2.06. The molecule has 0 unspecified atom stereocenters. The van der Waals surface area contributed by atoms with Gasteiger partial charge in [0.2, 0.25) is 0 Å². The van der Waals surface area contributed by atoms with Gasteiger partial charge in [-0.25, -0.2) is 4.39 Å². The Morgan fingerprint density at radius 1 is 1.36 bits per heavy atom. The lowest BCUT2D eigenvalue weighted by molar-refractivity contribution is 0.626. The van der Waals surface area contributed by atoms with Crippen LogP contribution in [-0.4, -0.2) is 13.6 Å². The van der Waals surface area contributed by atoms with Crippen molar-refractivity contribution < 1.29 is 4.39 Å². The normalized spacial score (nSPS) is 9.36. The molecule has 0 aromatic heterocycles. The molecule has 1 aromatic carbocycles. The summed E-state index contributed by atoms with van der Waals surface area (Å²) in [4.78, 5) is 0. The van der Waals surface area contributed by atoms with E-state index in [1.807, 2.05) is 20.0 Å². The summed E-state index contributed by atoms with van der Waals surface area (Å²) < 4.78 is 12.9. The first kappa shape index (κ1) is 10.7. The molecule has 0 amide bonds. The number of hydrogen-bond donors (Lipinski definition) is 1. The van der Waals surface area contributed by atoms with Crippen LogP contribution in [0.4, 0.5) is 4.39 Å². The van der Waals surface area contributed by atoms with Gasteiger partial charge >= 0.3 is 0 Å². The molecule has 0 radical (unpaired) electrons. The Labute approximate surface area is 84.3 Å². The molecule has 0 saturated carbocycles. The molecule has 1 nitrogen and oxygen atoms in total. The molecular weight excluding hydrogens is 177 g/mol. The van der Waals surface area contributed by atoms with E-state index < -0.39 is 0 Å². The molecule has 0 aliphatic carbocycles. The van der Waals surface area contributed by atoms with E-state index in [-0.39, 0.29) is 5.82 Å². The van der Waals surface area contributed by atoms with Gasteiger partial charge in [-0.15, -0.1) is 0 Å². The van der Waals surface area contributed by atoms with Gasteiger partial charge in [0.25, 0.3) is 0 Å². The van der Waals surface area contributed by atoms with E-state index in [2.05, 4.69) is 17.2 Å². The molecule has 1 aromatic rings. The number of halogens is 1. The minimum Gasteiger partial charge on any atom is -0.319 e. The minimum atomic E-state index is -0.220. The summed E-state index contributed by atoms with van der Waals surface area (Å²) in [6.45, 7) is 2.73. The van der Waals surface area contributed by atoms with Gasteiger partial charge in [0.05, 0.1) is 0 Å². The van der Waals surface area contributed by atoms with Crippen molar-refractivity contribution in [3.63, 3.8) is 0 Å². The first-order chi connectivity index (χ1) is 6.72. The maximum atomic E-state index is 12.9. The van der Waals surface area contributed by atoms with Crippen LogP contribution < -0.4 is 5.32 Å². The highest BCUT2D eigenvalue weighted by Gasteiger charge is 1.93. The maximum Gasteiger partial charge on any atom is 0.124 e. The third-order valence-corrected chi connectivity index (χ3v) is 1.77. The summed E-state index contributed by atoms with van der Waals surface area (Å²) in [6.07, 6.45) is 0.784. The van der Waals surface area contributed by atoms with E-state index in [0.29, 0.717) is 0 Å². The van der Waals surface area contributed by atoms with Crippen LogP contribution in [0.25, 0.3) is 0 Å². The summed E-state index contributed by atoms with van der Waals surface area (Å²) in [6, 6.07) is 4.84. The molecule has 0 fully saturated rings. The lowest BCUT2D eigenvalue weighted by atomic mass is 10.1. The van der Waals surface area contributed by atoms with Crippen molar-refractivity contribution in [3.8, 4) is 11.8 Å². The molecule has 74 valence electrons. The molecule has 2 heteroatoms. The summed E-state index contributed by atoms with van der Waals surface area (Å²) in [7, 11) is 1.88. The smallest absolute Gasteiger partial charge is 0.124 e. The molecule has 0 saturated heterocycles. The Morgan fingerprint density at radius 2 is 2.14 bits per heavy atom. The van der Waals surface area contributed by atoms with Crippen LogP contribution >= 0.6 is 0 Å². The lowest BCUT2D eigenvalue weighted by Gasteiger charge is -1.95. The van der Waals surface area contributed by atoms with Crippen LogP contribution in [0.1, 0.15) is 17.5 Å². The van der Waals surface area contributed by atoms with Gasteiger partial charge < -0.3 is 5.32 Å². The predicted octanol–water partition coefficient (Wildman–Crippen LogP) is 2.10. The topological polar surface area (TPSA) is 12.0 Å². The van der Waals surface area contributed by atoms with Gasteiger partial charge in [-0.1, -0.05) is 11.8 Å². The van der Waals surface area contributed by atoms with Gasteiger partial charge in [-0.05, 0) is 37.7 Å². The number of rotatable bonds is 2. The summed E-state index contributed by atoms with van der Waals surface area (Å²) in [5, 5.41) is 3.00.